The van der Waals surface area contributed by atoms with Gasteiger partial charge in [0.1, 0.15) is 23.4 Å². The smallest absolute Gasteiger partial charge is 0.311 e. The standard InChI is InChI=1S/C23H25N3O5.2ClH/c1-29-20-10-15(22(24)25)8-14-9-18(31-21(14)20)11-19(23(27)28)13-2-4-16(5-3-13)30-17-6-7-26-12-17;;/h2-5,8-10,17,19,26H,6-7,11-12H2,1H3,(H3,24,25)(H,27,28);2*1H/t17-,19?;;/m0../s1. The van der Waals surface area contributed by atoms with E-state index >= 15 is 0 Å². The fraction of sp³-hybridized carbons (Fsp3) is 0.304. The van der Waals surface area contributed by atoms with Gasteiger partial charge in [-0.05, 0) is 48.9 Å². The van der Waals surface area contributed by atoms with Gasteiger partial charge in [-0.25, -0.2) is 0 Å². The number of carboxylic acid groups (broad SMARTS) is 1. The van der Waals surface area contributed by atoms with E-state index in [0.717, 1.165) is 25.3 Å². The van der Waals surface area contributed by atoms with E-state index < -0.39 is 11.9 Å². The van der Waals surface area contributed by atoms with Crippen molar-refractivity contribution in [1.29, 1.82) is 5.41 Å². The predicted molar refractivity (Wildman–Crippen MR) is 131 cm³/mol. The second kappa shape index (κ2) is 11.3. The molecule has 1 aromatic heterocycles. The number of amidine groups is 1. The maximum atomic E-state index is 12.0. The number of carbonyl (C=O) groups is 1. The van der Waals surface area contributed by atoms with Crippen LogP contribution in [0.4, 0.5) is 0 Å². The van der Waals surface area contributed by atoms with Crippen LogP contribution in [-0.2, 0) is 11.2 Å². The molecule has 0 aliphatic carbocycles. The van der Waals surface area contributed by atoms with Crippen molar-refractivity contribution in [2.75, 3.05) is 20.2 Å². The Bertz CT molecular complexity index is 1110. The molecule has 0 bridgehead atoms. The molecule has 0 amide bonds. The minimum absolute atomic E-state index is 0. The quantitative estimate of drug-likeness (QED) is 0.276. The first-order chi connectivity index (χ1) is 14.9. The molecule has 2 atom stereocenters. The van der Waals surface area contributed by atoms with Crippen LogP contribution in [0.25, 0.3) is 11.0 Å². The third kappa shape index (κ3) is 5.90. The minimum atomic E-state index is -0.939. The van der Waals surface area contributed by atoms with Crippen LogP contribution in [0.5, 0.6) is 11.5 Å². The minimum Gasteiger partial charge on any atom is -0.493 e. The van der Waals surface area contributed by atoms with Crippen LogP contribution in [0.15, 0.2) is 46.9 Å². The number of hydrogen-bond acceptors (Lipinski definition) is 6. The molecule has 1 aliphatic rings. The van der Waals surface area contributed by atoms with E-state index in [4.69, 9.17) is 25.0 Å². The Morgan fingerprint density at radius 1 is 1.27 bits per heavy atom. The van der Waals surface area contributed by atoms with Crippen LogP contribution in [0.1, 0.15) is 29.2 Å². The Kier molecular flexibility index (Phi) is 8.99. The summed E-state index contributed by atoms with van der Waals surface area (Å²) in [5.41, 5.74) is 7.28. The van der Waals surface area contributed by atoms with Crippen LogP contribution in [0.2, 0.25) is 0 Å². The van der Waals surface area contributed by atoms with Crippen LogP contribution < -0.4 is 20.5 Å². The van der Waals surface area contributed by atoms with Gasteiger partial charge in [0.2, 0.25) is 0 Å². The molecule has 0 radical (unpaired) electrons. The SMILES string of the molecule is COc1cc(C(=N)N)cc2cc(CC(C(=O)O)c3ccc(O[C@H]4CCNC4)cc3)oc12.Cl.Cl. The second-order valence-electron chi connectivity index (χ2n) is 7.62. The molecule has 4 rings (SSSR count). The summed E-state index contributed by atoms with van der Waals surface area (Å²) in [6, 6.07) is 12.3. The van der Waals surface area contributed by atoms with E-state index in [-0.39, 0.29) is 43.2 Å². The lowest BCUT2D eigenvalue weighted by molar-refractivity contribution is -0.138. The number of hydrogen-bond donors (Lipinski definition) is 4. The summed E-state index contributed by atoms with van der Waals surface area (Å²) in [5.74, 6) is -0.108. The molecule has 5 N–H and O–H groups in total. The summed E-state index contributed by atoms with van der Waals surface area (Å²) in [5, 5.41) is 21.4. The van der Waals surface area contributed by atoms with Gasteiger partial charge in [-0.15, -0.1) is 24.8 Å². The van der Waals surface area contributed by atoms with Crippen molar-refractivity contribution < 1.29 is 23.8 Å². The predicted octanol–water partition coefficient (Wildman–Crippen LogP) is 3.72. The summed E-state index contributed by atoms with van der Waals surface area (Å²) >= 11 is 0. The lowest BCUT2D eigenvalue weighted by Gasteiger charge is -2.15. The zero-order valence-electron chi connectivity index (χ0n) is 18.0. The highest BCUT2D eigenvalue weighted by Crippen LogP contribution is 2.33. The first-order valence-corrected chi connectivity index (χ1v) is 10.1. The fourth-order valence-corrected chi connectivity index (χ4v) is 3.83. The highest BCUT2D eigenvalue weighted by atomic mass is 35.5. The van der Waals surface area contributed by atoms with Gasteiger partial charge in [0.15, 0.2) is 11.3 Å². The summed E-state index contributed by atoms with van der Waals surface area (Å²) in [7, 11) is 1.51. The Balaban J connectivity index is 0.00000193. The van der Waals surface area contributed by atoms with E-state index in [0.29, 0.717) is 33.6 Å². The number of methoxy groups -OCH3 is 1. The summed E-state index contributed by atoms with van der Waals surface area (Å²) < 4.78 is 17.2. The van der Waals surface area contributed by atoms with Crippen molar-refractivity contribution in [3.8, 4) is 11.5 Å². The van der Waals surface area contributed by atoms with Gasteiger partial charge in [-0.1, -0.05) is 12.1 Å². The Hall–Kier alpha value is -2.94. The molecule has 8 nitrogen and oxygen atoms in total. The van der Waals surface area contributed by atoms with Crippen molar-refractivity contribution in [1.82, 2.24) is 5.32 Å². The number of nitrogen functional groups attached to an aromatic ring is 1. The van der Waals surface area contributed by atoms with Crippen LogP contribution in [0, 0.1) is 5.41 Å². The summed E-state index contributed by atoms with van der Waals surface area (Å²) in [6.45, 7) is 1.76. The third-order valence-corrected chi connectivity index (χ3v) is 5.47. The van der Waals surface area contributed by atoms with E-state index in [1.165, 1.54) is 7.11 Å². The molecule has 3 aromatic rings. The Morgan fingerprint density at radius 2 is 2.00 bits per heavy atom. The molecule has 2 aromatic carbocycles. The lowest BCUT2D eigenvalue weighted by atomic mass is 9.94. The van der Waals surface area contributed by atoms with E-state index in [1.54, 1.807) is 30.3 Å². The molecule has 1 fully saturated rings. The number of carboxylic acids is 1. The normalized spacial score (nSPS) is 15.8. The number of rotatable bonds is 8. The number of furan rings is 1. The number of ether oxygens (including phenoxy) is 2. The van der Waals surface area contributed by atoms with E-state index in [2.05, 4.69) is 5.32 Å². The molecular formula is C23H27Cl2N3O5. The van der Waals surface area contributed by atoms with Crippen LogP contribution in [-0.4, -0.2) is 43.2 Å². The molecule has 1 unspecified atom stereocenters. The van der Waals surface area contributed by atoms with Crippen molar-refractivity contribution in [2.24, 2.45) is 5.73 Å². The van der Waals surface area contributed by atoms with Crippen molar-refractivity contribution in [2.45, 2.75) is 24.9 Å². The first-order valence-electron chi connectivity index (χ1n) is 10.1. The monoisotopic (exact) mass is 495 g/mol. The van der Waals surface area contributed by atoms with Crippen molar-refractivity contribution in [3.05, 3.63) is 59.4 Å². The molecule has 10 heteroatoms. The maximum Gasteiger partial charge on any atom is 0.311 e. The van der Waals surface area contributed by atoms with Gasteiger partial charge in [0, 0.05) is 23.9 Å². The number of nitrogens with one attached hydrogen (secondary N) is 2. The average molecular weight is 496 g/mol. The molecule has 178 valence electrons. The second-order valence-corrected chi connectivity index (χ2v) is 7.62. The zero-order chi connectivity index (χ0) is 22.0. The lowest BCUT2D eigenvalue weighted by Crippen LogP contribution is -2.19. The molecule has 0 saturated carbocycles. The molecule has 0 spiro atoms. The molecular weight excluding hydrogens is 469 g/mol. The number of aliphatic carboxylic acids is 1. The Morgan fingerprint density at radius 3 is 2.58 bits per heavy atom. The number of fused-ring (bicyclic) bond motifs is 1. The number of benzene rings is 2. The zero-order valence-corrected chi connectivity index (χ0v) is 19.6. The molecule has 33 heavy (non-hydrogen) atoms. The summed E-state index contributed by atoms with van der Waals surface area (Å²) in [6.07, 6.45) is 1.28. The van der Waals surface area contributed by atoms with Gasteiger partial charge in [-0.2, -0.15) is 0 Å². The number of nitrogens with two attached hydrogens (primary N) is 1. The average Bonchev–Trinajstić information content (AvgIpc) is 3.41. The van der Waals surface area contributed by atoms with Crippen molar-refractivity contribution in [3.63, 3.8) is 0 Å². The number of halogens is 2. The van der Waals surface area contributed by atoms with Gasteiger partial charge < -0.3 is 30.0 Å². The highest BCUT2D eigenvalue weighted by molar-refractivity contribution is 6.00. The molecule has 1 saturated heterocycles. The molecule has 2 heterocycles. The topological polar surface area (TPSA) is 131 Å². The van der Waals surface area contributed by atoms with Gasteiger partial charge in [0.05, 0.1) is 13.0 Å². The summed E-state index contributed by atoms with van der Waals surface area (Å²) in [4.78, 5) is 12.0. The van der Waals surface area contributed by atoms with Crippen LogP contribution in [0.3, 0.4) is 0 Å². The fourth-order valence-electron chi connectivity index (χ4n) is 3.83. The highest BCUT2D eigenvalue weighted by Gasteiger charge is 2.24. The van der Waals surface area contributed by atoms with Gasteiger partial charge >= 0.3 is 5.97 Å². The first kappa shape index (κ1) is 26.3. The van der Waals surface area contributed by atoms with E-state index in [9.17, 15) is 9.90 Å². The van der Waals surface area contributed by atoms with Crippen LogP contribution >= 0.6 is 24.8 Å². The Labute approximate surface area is 203 Å². The molecule has 1 aliphatic heterocycles. The maximum absolute atomic E-state index is 12.0. The van der Waals surface area contributed by atoms with E-state index in [1.807, 2.05) is 12.1 Å². The third-order valence-electron chi connectivity index (χ3n) is 5.47. The van der Waals surface area contributed by atoms with Crippen molar-refractivity contribution >= 4 is 47.6 Å². The van der Waals surface area contributed by atoms with Gasteiger partial charge in [0.25, 0.3) is 0 Å². The van der Waals surface area contributed by atoms with Gasteiger partial charge in [-0.3, -0.25) is 10.2 Å². The largest absolute Gasteiger partial charge is 0.493 e.